The third-order valence-electron chi connectivity index (χ3n) is 4.22. The van der Waals surface area contributed by atoms with E-state index in [1.165, 1.54) is 36.0 Å². The lowest BCUT2D eigenvalue weighted by Crippen LogP contribution is -2.33. The van der Waals surface area contributed by atoms with Gasteiger partial charge in [-0.25, -0.2) is 4.39 Å². The molecule has 156 valence electrons. The predicted molar refractivity (Wildman–Crippen MR) is 115 cm³/mol. The molecular weight excluding hydrogens is 391 g/mol. The number of nitrogens with one attached hydrogen (secondary N) is 2. The molecule has 2 unspecified atom stereocenters. The second kappa shape index (κ2) is 12.2. The Hall–Kier alpha value is -2.38. The Morgan fingerprint density at radius 2 is 1.76 bits per heavy atom. The van der Waals surface area contributed by atoms with Crippen LogP contribution in [0.2, 0.25) is 0 Å². The van der Waals surface area contributed by atoms with Gasteiger partial charge in [-0.3, -0.25) is 9.59 Å². The predicted octanol–water partition coefficient (Wildman–Crippen LogP) is 4.17. The van der Waals surface area contributed by atoms with Gasteiger partial charge in [0.2, 0.25) is 11.8 Å². The second-order valence-corrected chi connectivity index (χ2v) is 7.91. The topological polar surface area (TPSA) is 67.4 Å². The van der Waals surface area contributed by atoms with E-state index >= 15 is 0 Å². The van der Waals surface area contributed by atoms with Crippen LogP contribution in [-0.4, -0.2) is 36.0 Å². The fourth-order valence-electron chi connectivity index (χ4n) is 2.51. The highest BCUT2D eigenvalue weighted by Gasteiger charge is 2.15. The SMILES string of the molecule is CC(SCC(=O)Nc1ccc(F)cc1)C(=O)NCCCOC(C)c1ccccc1. The van der Waals surface area contributed by atoms with E-state index in [9.17, 15) is 14.0 Å². The molecule has 0 aromatic heterocycles. The zero-order valence-electron chi connectivity index (χ0n) is 16.7. The van der Waals surface area contributed by atoms with Crippen molar-refractivity contribution in [2.75, 3.05) is 24.2 Å². The van der Waals surface area contributed by atoms with Crippen molar-refractivity contribution in [3.8, 4) is 0 Å². The Labute approximate surface area is 175 Å². The summed E-state index contributed by atoms with van der Waals surface area (Å²) in [7, 11) is 0. The van der Waals surface area contributed by atoms with Crippen molar-refractivity contribution >= 4 is 29.3 Å². The summed E-state index contributed by atoms with van der Waals surface area (Å²) in [5.41, 5.74) is 1.65. The van der Waals surface area contributed by atoms with E-state index in [2.05, 4.69) is 10.6 Å². The number of rotatable bonds is 11. The summed E-state index contributed by atoms with van der Waals surface area (Å²) >= 11 is 1.25. The third-order valence-corrected chi connectivity index (χ3v) is 5.36. The number of carbonyl (C=O) groups is 2. The van der Waals surface area contributed by atoms with Gasteiger partial charge in [-0.15, -0.1) is 11.8 Å². The summed E-state index contributed by atoms with van der Waals surface area (Å²) < 4.78 is 18.6. The summed E-state index contributed by atoms with van der Waals surface area (Å²) in [4.78, 5) is 24.1. The van der Waals surface area contributed by atoms with E-state index in [4.69, 9.17) is 4.74 Å². The number of benzene rings is 2. The number of amides is 2. The van der Waals surface area contributed by atoms with Gasteiger partial charge in [-0.1, -0.05) is 30.3 Å². The van der Waals surface area contributed by atoms with Crippen LogP contribution in [-0.2, 0) is 14.3 Å². The van der Waals surface area contributed by atoms with Crippen LogP contribution in [0.25, 0.3) is 0 Å². The molecule has 0 aliphatic heterocycles. The third kappa shape index (κ3) is 8.66. The maximum atomic E-state index is 12.9. The van der Waals surface area contributed by atoms with Crippen LogP contribution in [0.1, 0.15) is 31.9 Å². The Kier molecular flexibility index (Phi) is 9.67. The first-order chi connectivity index (χ1) is 14.0. The molecule has 0 heterocycles. The van der Waals surface area contributed by atoms with E-state index in [1.807, 2.05) is 37.3 Å². The number of ether oxygens (including phenoxy) is 1. The van der Waals surface area contributed by atoms with Gasteiger partial charge < -0.3 is 15.4 Å². The molecule has 2 atom stereocenters. The summed E-state index contributed by atoms with van der Waals surface area (Å²) in [6, 6.07) is 15.5. The normalized spacial score (nSPS) is 12.8. The Balaban J connectivity index is 1.57. The maximum absolute atomic E-state index is 12.9. The molecule has 2 aromatic carbocycles. The quantitative estimate of drug-likeness (QED) is 0.538. The molecule has 0 aliphatic rings. The van der Waals surface area contributed by atoms with Crippen molar-refractivity contribution < 1.29 is 18.7 Å². The summed E-state index contributed by atoms with van der Waals surface area (Å²) in [5.74, 6) is -0.559. The van der Waals surface area contributed by atoms with Gasteiger partial charge in [0.05, 0.1) is 17.1 Å². The zero-order chi connectivity index (χ0) is 21.1. The first kappa shape index (κ1) is 22.9. The molecule has 0 spiro atoms. The zero-order valence-corrected chi connectivity index (χ0v) is 17.5. The largest absolute Gasteiger partial charge is 0.374 e. The summed E-state index contributed by atoms with van der Waals surface area (Å²) in [6.45, 7) is 4.84. The van der Waals surface area contributed by atoms with E-state index in [1.54, 1.807) is 6.92 Å². The highest BCUT2D eigenvalue weighted by molar-refractivity contribution is 8.01. The summed E-state index contributed by atoms with van der Waals surface area (Å²) in [5, 5.41) is 5.19. The van der Waals surface area contributed by atoms with Gasteiger partial charge >= 0.3 is 0 Å². The number of halogens is 1. The number of thioether (sulfide) groups is 1. The first-order valence-corrected chi connectivity index (χ1v) is 10.6. The molecule has 0 bridgehead atoms. The van der Waals surface area contributed by atoms with Crippen molar-refractivity contribution in [1.82, 2.24) is 5.32 Å². The molecule has 2 aromatic rings. The second-order valence-electron chi connectivity index (χ2n) is 6.58. The lowest BCUT2D eigenvalue weighted by molar-refractivity contribution is -0.120. The fraction of sp³-hybridized carbons (Fsp3) is 0.364. The minimum Gasteiger partial charge on any atom is -0.374 e. The number of carbonyl (C=O) groups excluding carboxylic acids is 2. The maximum Gasteiger partial charge on any atom is 0.234 e. The molecule has 0 saturated heterocycles. The van der Waals surface area contributed by atoms with Gasteiger partial charge in [-0.2, -0.15) is 0 Å². The van der Waals surface area contributed by atoms with E-state index in [0.29, 0.717) is 25.3 Å². The monoisotopic (exact) mass is 418 g/mol. The molecule has 0 fully saturated rings. The highest BCUT2D eigenvalue weighted by Crippen LogP contribution is 2.16. The molecule has 2 rings (SSSR count). The molecule has 0 radical (unpaired) electrons. The van der Waals surface area contributed by atoms with Gasteiger partial charge in [-0.05, 0) is 50.1 Å². The van der Waals surface area contributed by atoms with Gasteiger partial charge in [0.1, 0.15) is 5.82 Å². The van der Waals surface area contributed by atoms with Crippen LogP contribution >= 0.6 is 11.8 Å². The van der Waals surface area contributed by atoms with Crippen LogP contribution in [0.5, 0.6) is 0 Å². The molecule has 0 aliphatic carbocycles. The van der Waals surface area contributed by atoms with Crippen molar-refractivity contribution in [3.63, 3.8) is 0 Å². The van der Waals surface area contributed by atoms with Crippen LogP contribution in [0.3, 0.4) is 0 Å². The van der Waals surface area contributed by atoms with E-state index in [-0.39, 0.29) is 34.7 Å². The Morgan fingerprint density at radius 1 is 1.07 bits per heavy atom. The molecule has 0 saturated carbocycles. The lowest BCUT2D eigenvalue weighted by atomic mass is 10.1. The fourth-order valence-corrected chi connectivity index (χ4v) is 3.22. The van der Waals surface area contributed by atoms with Crippen LogP contribution in [0, 0.1) is 5.82 Å². The van der Waals surface area contributed by atoms with Gasteiger partial charge in [0.25, 0.3) is 0 Å². The van der Waals surface area contributed by atoms with Crippen molar-refractivity contribution in [2.45, 2.75) is 31.6 Å². The summed E-state index contributed by atoms with van der Waals surface area (Å²) in [6.07, 6.45) is 0.728. The first-order valence-electron chi connectivity index (χ1n) is 9.57. The molecule has 2 amide bonds. The molecule has 7 heteroatoms. The Bertz CT molecular complexity index is 771. The average molecular weight is 419 g/mol. The minimum atomic E-state index is -0.359. The molecular formula is C22H27FN2O3S. The Morgan fingerprint density at radius 3 is 2.45 bits per heavy atom. The number of anilines is 1. The van der Waals surface area contributed by atoms with Crippen LogP contribution < -0.4 is 10.6 Å². The minimum absolute atomic E-state index is 0.0148. The molecule has 29 heavy (non-hydrogen) atoms. The molecule has 5 nitrogen and oxygen atoms in total. The lowest BCUT2D eigenvalue weighted by Gasteiger charge is -2.14. The average Bonchev–Trinajstić information content (AvgIpc) is 2.73. The number of hydrogen-bond acceptors (Lipinski definition) is 4. The van der Waals surface area contributed by atoms with Crippen LogP contribution in [0.15, 0.2) is 54.6 Å². The molecule has 2 N–H and O–H groups in total. The number of hydrogen-bond donors (Lipinski definition) is 2. The highest BCUT2D eigenvalue weighted by atomic mass is 32.2. The van der Waals surface area contributed by atoms with Crippen LogP contribution in [0.4, 0.5) is 10.1 Å². The van der Waals surface area contributed by atoms with Crippen molar-refractivity contribution in [1.29, 1.82) is 0 Å². The van der Waals surface area contributed by atoms with E-state index in [0.717, 1.165) is 5.56 Å². The van der Waals surface area contributed by atoms with Gasteiger partial charge in [0.15, 0.2) is 0 Å². The van der Waals surface area contributed by atoms with Crippen molar-refractivity contribution in [2.24, 2.45) is 0 Å². The standard InChI is InChI=1S/C22H27FN2O3S/c1-16(18-7-4-3-5-8-18)28-14-6-13-24-22(27)17(2)29-15-21(26)25-20-11-9-19(23)10-12-20/h3-5,7-12,16-17H,6,13-15H2,1-2H3,(H,24,27)(H,25,26). The van der Waals surface area contributed by atoms with E-state index < -0.39 is 0 Å². The van der Waals surface area contributed by atoms with Crippen molar-refractivity contribution in [3.05, 3.63) is 66.0 Å². The smallest absolute Gasteiger partial charge is 0.234 e. The van der Waals surface area contributed by atoms with Gasteiger partial charge in [0, 0.05) is 18.8 Å².